The van der Waals surface area contributed by atoms with Crippen LogP contribution in [0, 0.1) is 16.0 Å². The lowest BCUT2D eigenvalue weighted by Gasteiger charge is -2.15. The second kappa shape index (κ2) is 8.21. The number of rotatable bonds is 8. The van der Waals surface area contributed by atoms with E-state index < -0.39 is 4.92 Å². The number of nitrogens with zero attached hydrogens (tertiary/aromatic N) is 1. The molecule has 1 rings (SSSR count). The van der Waals surface area contributed by atoms with Crippen LogP contribution < -0.4 is 10.6 Å². The van der Waals surface area contributed by atoms with Crippen molar-refractivity contribution in [2.45, 2.75) is 19.8 Å². The van der Waals surface area contributed by atoms with Gasteiger partial charge in [-0.05, 0) is 24.5 Å². The van der Waals surface area contributed by atoms with Crippen LogP contribution in [-0.2, 0) is 0 Å². The van der Waals surface area contributed by atoms with Crippen molar-refractivity contribution in [3.05, 3.63) is 33.9 Å². The predicted molar refractivity (Wildman–Crippen MR) is 80.5 cm³/mol. The standard InChI is InChI=1S/C14H21N3O4/c1-3-10(6-7-18)9-16-12-5-4-11(14(19)15-2)8-13(12)17(20)21/h4-5,8,10,16,18H,3,6-7,9H2,1-2H3,(H,15,19). The average Bonchev–Trinajstić information content (AvgIpc) is 2.50. The molecule has 116 valence electrons. The van der Waals surface area contributed by atoms with Crippen molar-refractivity contribution in [3.8, 4) is 0 Å². The number of carbonyl (C=O) groups excluding carboxylic acids is 1. The summed E-state index contributed by atoms with van der Waals surface area (Å²) in [6.07, 6.45) is 1.52. The number of aliphatic hydroxyl groups excluding tert-OH is 1. The van der Waals surface area contributed by atoms with Crippen LogP contribution in [0.1, 0.15) is 30.1 Å². The van der Waals surface area contributed by atoms with Gasteiger partial charge in [0.2, 0.25) is 0 Å². The van der Waals surface area contributed by atoms with Gasteiger partial charge in [-0.1, -0.05) is 13.3 Å². The van der Waals surface area contributed by atoms with E-state index in [-0.39, 0.29) is 29.7 Å². The fraction of sp³-hybridized carbons (Fsp3) is 0.500. The second-order valence-electron chi connectivity index (χ2n) is 4.74. The molecule has 0 saturated heterocycles. The average molecular weight is 295 g/mol. The number of nitro groups is 1. The lowest BCUT2D eigenvalue weighted by molar-refractivity contribution is -0.384. The summed E-state index contributed by atoms with van der Waals surface area (Å²) in [6.45, 7) is 2.64. The molecule has 0 bridgehead atoms. The molecule has 7 heteroatoms. The quantitative estimate of drug-likeness (QED) is 0.501. The molecule has 1 amide bonds. The Morgan fingerprint density at radius 1 is 1.48 bits per heavy atom. The zero-order chi connectivity index (χ0) is 15.8. The summed E-state index contributed by atoms with van der Waals surface area (Å²) >= 11 is 0. The summed E-state index contributed by atoms with van der Waals surface area (Å²) in [7, 11) is 1.47. The highest BCUT2D eigenvalue weighted by Crippen LogP contribution is 2.26. The molecule has 3 N–H and O–H groups in total. The van der Waals surface area contributed by atoms with Crippen molar-refractivity contribution in [1.29, 1.82) is 0 Å². The largest absolute Gasteiger partial charge is 0.396 e. The lowest BCUT2D eigenvalue weighted by Crippen LogP contribution is -2.19. The van der Waals surface area contributed by atoms with Gasteiger partial charge in [-0.15, -0.1) is 0 Å². The van der Waals surface area contributed by atoms with E-state index in [1.54, 1.807) is 6.07 Å². The molecule has 0 aliphatic carbocycles. The first-order chi connectivity index (χ1) is 10.0. The van der Waals surface area contributed by atoms with Crippen LogP contribution in [0.4, 0.5) is 11.4 Å². The number of hydrogen-bond acceptors (Lipinski definition) is 5. The van der Waals surface area contributed by atoms with Crippen LogP contribution in [0.15, 0.2) is 18.2 Å². The number of nitrogens with one attached hydrogen (secondary N) is 2. The molecule has 21 heavy (non-hydrogen) atoms. The highest BCUT2D eigenvalue weighted by molar-refractivity contribution is 5.95. The summed E-state index contributed by atoms with van der Waals surface area (Å²) in [5, 5.41) is 25.5. The molecule has 0 aliphatic heterocycles. The molecule has 1 aromatic carbocycles. The number of carbonyl (C=O) groups is 1. The fourth-order valence-corrected chi connectivity index (χ4v) is 2.01. The summed E-state index contributed by atoms with van der Waals surface area (Å²) in [5.74, 6) is -0.121. The SMILES string of the molecule is CCC(CCO)CNc1ccc(C(=O)NC)cc1[N+](=O)[O-]. The molecule has 1 aromatic rings. The Kier molecular flexibility index (Phi) is 6.61. The van der Waals surface area contributed by atoms with Gasteiger partial charge in [-0.3, -0.25) is 14.9 Å². The van der Waals surface area contributed by atoms with E-state index in [4.69, 9.17) is 5.11 Å². The highest BCUT2D eigenvalue weighted by atomic mass is 16.6. The Balaban J connectivity index is 2.91. The minimum Gasteiger partial charge on any atom is -0.396 e. The summed E-state index contributed by atoms with van der Waals surface area (Å²) in [4.78, 5) is 22.1. The van der Waals surface area contributed by atoms with Crippen molar-refractivity contribution in [2.24, 2.45) is 5.92 Å². The van der Waals surface area contributed by atoms with Gasteiger partial charge in [0.1, 0.15) is 5.69 Å². The number of hydrogen-bond donors (Lipinski definition) is 3. The number of benzene rings is 1. The Hall–Kier alpha value is -2.15. The number of anilines is 1. The zero-order valence-electron chi connectivity index (χ0n) is 12.3. The molecule has 1 atom stereocenters. The molecular formula is C14H21N3O4. The maximum atomic E-state index is 11.5. The van der Waals surface area contributed by atoms with Gasteiger partial charge < -0.3 is 15.7 Å². The number of aliphatic hydroxyl groups is 1. The van der Waals surface area contributed by atoms with Crippen molar-refractivity contribution < 1.29 is 14.8 Å². The highest BCUT2D eigenvalue weighted by Gasteiger charge is 2.17. The third-order valence-corrected chi connectivity index (χ3v) is 3.38. The Morgan fingerprint density at radius 2 is 2.19 bits per heavy atom. The van der Waals surface area contributed by atoms with Crippen LogP contribution in [0.2, 0.25) is 0 Å². The van der Waals surface area contributed by atoms with Gasteiger partial charge >= 0.3 is 0 Å². The summed E-state index contributed by atoms with van der Waals surface area (Å²) < 4.78 is 0. The maximum absolute atomic E-state index is 11.5. The predicted octanol–water partition coefficient (Wildman–Crippen LogP) is 1.77. The molecule has 0 aromatic heterocycles. The molecule has 1 unspecified atom stereocenters. The normalized spacial score (nSPS) is 11.8. The lowest BCUT2D eigenvalue weighted by atomic mass is 10.0. The van der Waals surface area contributed by atoms with E-state index in [0.29, 0.717) is 18.7 Å². The topological polar surface area (TPSA) is 104 Å². The molecule has 7 nitrogen and oxygen atoms in total. The van der Waals surface area contributed by atoms with Gasteiger partial charge in [0.05, 0.1) is 4.92 Å². The maximum Gasteiger partial charge on any atom is 0.293 e. The zero-order valence-corrected chi connectivity index (χ0v) is 12.3. The Bertz CT molecular complexity index is 505. The minimum atomic E-state index is -0.512. The van der Waals surface area contributed by atoms with Gasteiger partial charge in [-0.25, -0.2) is 0 Å². The molecule has 0 heterocycles. The third-order valence-electron chi connectivity index (χ3n) is 3.38. The van der Waals surface area contributed by atoms with Crippen LogP contribution in [0.5, 0.6) is 0 Å². The van der Waals surface area contributed by atoms with Crippen molar-refractivity contribution >= 4 is 17.3 Å². The van der Waals surface area contributed by atoms with E-state index in [0.717, 1.165) is 6.42 Å². The fourth-order valence-electron chi connectivity index (χ4n) is 2.01. The van der Waals surface area contributed by atoms with E-state index in [1.165, 1.54) is 19.2 Å². The number of amides is 1. The first kappa shape index (κ1) is 16.9. The number of nitro benzene ring substituents is 1. The molecule has 0 saturated carbocycles. The van der Waals surface area contributed by atoms with Crippen LogP contribution >= 0.6 is 0 Å². The van der Waals surface area contributed by atoms with Crippen LogP contribution in [0.25, 0.3) is 0 Å². The monoisotopic (exact) mass is 295 g/mol. The molecule has 0 radical (unpaired) electrons. The summed E-state index contributed by atoms with van der Waals surface area (Å²) in [6, 6.07) is 4.34. The summed E-state index contributed by atoms with van der Waals surface area (Å²) in [5.41, 5.74) is 0.496. The molecular weight excluding hydrogens is 274 g/mol. The third kappa shape index (κ3) is 4.71. The van der Waals surface area contributed by atoms with Gasteiger partial charge in [0.15, 0.2) is 0 Å². The van der Waals surface area contributed by atoms with Gasteiger partial charge in [-0.2, -0.15) is 0 Å². The minimum absolute atomic E-state index is 0.0951. The van der Waals surface area contributed by atoms with Crippen molar-refractivity contribution in [2.75, 3.05) is 25.5 Å². The van der Waals surface area contributed by atoms with Crippen molar-refractivity contribution in [3.63, 3.8) is 0 Å². The van der Waals surface area contributed by atoms with E-state index in [2.05, 4.69) is 10.6 Å². The Morgan fingerprint density at radius 3 is 2.71 bits per heavy atom. The van der Waals surface area contributed by atoms with Crippen LogP contribution in [0.3, 0.4) is 0 Å². The van der Waals surface area contributed by atoms with Crippen LogP contribution in [-0.4, -0.2) is 36.1 Å². The van der Waals surface area contributed by atoms with E-state index >= 15 is 0 Å². The second-order valence-corrected chi connectivity index (χ2v) is 4.74. The molecule has 0 fully saturated rings. The van der Waals surface area contributed by atoms with E-state index in [9.17, 15) is 14.9 Å². The molecule has 0 spiro atoms. The Labute approximate surface area is 123 Å². The van der Waals surface area contributed by atoms with E-state index in [1.807, 2.05) is 6.92 Å². The molecule has 0 aliphatic rings. The first-order valence-electron chi connectivity index (χ1n) is 6.88. The first-order valence-corrected chi connectivity index (χ1v) is 6.88. The van der Waals surface area contributed by atoms with Gasteiger partial charge in [0.25, 0.3) is 11.6 Å². The van der Waals surface area contributed by atoms with Gasteiger partial charge in [0, 0.05) is 31.8 Å². The smallest absolute Gasteiger partial charge is 0.293 e. The van der Waals surface area contributed by atoms with Crippen molar-refractivity contribution in [1.82, 2.24) is 5.32 Å².